The van der Waals surface area contributed by atoms with Crippen LogP contribution in [0.1, 0.15) is 71.6 Å². The van der Waals surface area contributed by atoms with E-state index >= 15 is 0 Å². The van der Waals surface area contributed by atoms with E-state index in [1.54, 1.807) is 6.20 Å². The molecule has 5 nitrogen and oxygen atoms in total. The van der Waals surface area contributed by atoms with Gasteiger partial charge < -0.3 is 14.5 Å². The maximum atomic E-state index is 13.2. The van der Waals surface area contributed by atoms with Gasteiger partial charge in [0.05, 0.1) is 0 Å². The Morgan fingerprint density at radius 1 is 0.743 bits per heavy atom. The van der Waals surface area contributed by atoms with Crippen LogP contribution in [0.3, 0.4) is 0 Å². The van der Waals surface area contributed by atoms with Gasteiger partial charge in [-0.15, -0.1) is 0 Å². The lowest BCUT2D eigenvalue weighted by atomic mass is 9.75. The van der Waals surface area contributed by atoms with Crippen molar-refractivity contribution in [2.24, 2.45) is 0 Å². The lowest BCUT2D eigenvalue weighted by molar-refractivity contribution is 0.0244. The summed E-state index contributed by atoms with van der Waals surface area (Å²) in [7, 11) is 0. The van der Waals surface area contributed by atoms with E-state index in [9.17, 15) is 4.79 Å². The van der Waals surface area contributed by atoms with Crippen LogP contribution in [0.5, 0.6) is 0 Å². The molecule has 35 heavy (non-hydrogen) atoms. The second-order valence-electron chi connectivity index (χ2n) is 9.27. The number of benzene rings is 2. The molecular weight excluding hydrogens is 434 g/mol. The largest absolute Gasteiger partial charge is 0.439 e. The van der Waals surface area contributed by atoms with E-state index in [1.807, 2.05) is 13.0 Å². The lowest BCUT2D eigenvalue weighted by Gasteiger charge is -2.35. The van der Waals surface area contributed by atoms with Crippen LogP contribution < -0.4 is 9.80 Å². The second kappa shape index (κ2) is 9.73. The number of carbonyl (C=O) groups is 1. The summed E-state index contributed by atoms with van der Waals surface area (Å²) in [5.74, 6) is -0.372. The highest BCUT2D eigenvalue weighted by Crippen LogP contribution is 2.50. The first-order valence-corrected chi connectivity index (χ1v) is 12.7. The van der Waals surface area contributed by atoms with E-state index in [0.717, 1.165) is 59.6 Å². The number of aryl methyl sites for hydroxylation is 3. The smallest absolute Gasteiger partial charge is 0.358 e. The zero-order chi connectivity index (χ0) is 25.3. The Morgan fingerprint density at radius 3 is 1.66 bits per heavy atom. The summed E-state index contributed by atoms with van der Waals surface area (Å²) < 4.78 is 6.41. The summed E-state index contributed by atoms with van der Waals surface area (Å²) in [4.78, 5) is 22.4. The van der Waals surface area contributed by atoms with Crippen LogP contribution in [-0.2, 0) is 10.3 Å². The first kappa shape index (κ1) is 24.8. The molecule has 0 unspecified atom stereocenters. The summed E-state index contributed by atoms with van der Waals surface area (Å²) in [6, 6.07) is 14.9. The number of hydrogen-bond acceptors (Lipinski definition) is 5. The maximum Gasteiger partial charge on any atom is 0.358 e. The zero-order valence-electron chi connectivity index (χ0n) is 22.1. The molecule has 0 aliphatic carbocycles. The Balaban J connectivity index is 2.00. The van der Waals surface area contributed by atoms with Crippen molar-refractivity contribution in [3.63, 3.8) is 0 Å². The molecular formula is C30H37N3O2. The number of esters is 1. The van der Waals surface area contributed by atoms with Gasteiger partial charge in [-0.1, -0.05) is 12.1 Å². The van der Waals surface area contributed by atoms with Gasteiger partial charge in [0.25, 0.3) is 0 Å². The molecule has 0 fully saturated rings. The predicted molar refractivity (Wildman–Crippen MR) is 144 cm³/mol. The number of cyclic esters (lactones) is 1. The standard InChI is InChI=1S/C30H37N3O2/c1-8-32(9-2)23-12-14-25(21(6)18-23)30(27-20(5)16-17-31-28(27)29(34)35-30)26-15-13-24(19-22(26)7)33(10-3)11-4/h12-19H,8-11H2,1-7H3. The number of pyridine rings is 1. The normalized spacial score (nSPS) is 14.0. The summed E-state index contributed by atoms with van der Waals surface area (Å²) in [6.45, 7) is 18.7. The van der Waals surface area contributed by atoms with Crippen LogP contribution in [0, 0.1) is 20.8 Å². The maximum absolute atomic E-state index is 13.2. The van der Waals surface area contributed by atoms with Gasteiger partial charge in [0.1, 0.15) is 0 Å². The van der Waals surface area contributed by atoms with E-state index in [2.05, 4.69) is 92.7 Å². The average molecular weight is 472 g/mol. The van der Waals surface area contributed by atoms with E-state index < -0.39 is 5.60 Å². The van der Waals surface area contributed by atoms with Crippen LogP contribution in [0.2, 0.25) is 0 Å². The highest BCUT2D eigenvalue weighted by molar-refractivity contribution is 5.95. The van der Waals surface area contributed by atoms with Gasteiger partial charge in [-0.2, -0.15) is 0 Å². The third-order valence-electron chi connectivity index (χ3n) is 7.39. The van der Waals surface area contributed by atoms with E-state index in [4.69, 9.17) is 4.74 Å². The topological polar surface area (TPSA) is 45.7 Å². The van der Waals surface area contributed by atoms with Gasteiger partial charge in [-0.25, -0.2) is 9.78 Å². The van der Waals surface area contributed by atoms with Crippen LogP contribution in [-0.4, -0.2) is 37.1 Å². The second-order valence-corrected chi connectivity index (χ2v) is 9.27. The number of hydrogen-bond donors (Lipinski definition) is 0. The van der Waals surface area contributed by atoms with Crippen molar-refractivity contribution in [3.8, 4) is 0 Å². The molecule has 0 spiro atoms. The van der Waals surface area contributed by atoms with Gasteiger partial charge in [0.15, 0.2) is 11.3 Å². The molecule has 4 rings (SSSR count). The molecule has 184 valence electrons. The number of rotatable bonds is 8. The van der Waals surface area contributed by atoms with Crippen LogP contribution in [0.25, 0.3) is 0 Å². The first-order chi connectivity index (χ1) is 16.8. The molecule has 0 amide bonds. The van der Waals surface area contributed by atoms with Gasteiger partial charge in [0, 0.05) is 60.4 Å². The molecule has 0 N–H and O–H groups in total. The van der Waals surface area contributed by atoms with Crippen molar-refractivity contribution in [1.29, 1.82) is 0 Å². The first-order valence-electron chi connectivity index (χ1n) is 12.7. The van der Waals surface area contributed by atoms with Crippen molar-refractivity contribution >= 4 is 17.3 Å². The van der Waals surface area contributed by atoms with Gasteiger partial charge in [-0.05, 0) is 95.5 Å². The third-order valence-corrected chi connectivity index (χ3v) is 7.39. The fourth-order valence-electron chi connectivity index (χ4n) is 5.58. The molecule has 0 radical (unpaired) electrons. The molecule has 1 aromatic heterocycles. The van der Waals surface area contributed by atoms with Crippen molar-refractivity contribution in [3.05, 3.63) is 87.7 Å². The molecule has 2 aromatic carbocycles. The minimum atomic E-state index is -1.04. The number of nitrogens with zero attached hydrogens (tertiary/aromatic N) is 3. The van der Waals surface area contributed by atoms with E-state index in [0.29, 0.717) is 5.69 Å². The fraction of sp³-hybridized carbons (Fsp3) is 0.400. The average Bonchev–Trinajstić information content (AvgIpc) is 3.15. The van der Waals surface area contributed by atoms with Crippen molar-refractivity contribution in [2.45, 2.75) is 54.1 Å². The van der Waals surface area contributed by atoms with Crippen molar-refractivity contribution < 1.29 is 9.53 Å². The highest BCUT2D eigenvalue weighted by atomic mass is 16.6. The van der Waals surface area contributed by atoms with Crippen LogP contribution in [0.4, 0.5) is 11.4 Å². The van der Waals surface area contributed by atoms with Crippen LogP contribution in [0.15, 0.2) is 48.7 Å². The Labute approximate surface area is 209 Å². The number of carbonyl (C=O) groups excluding carboxylic acids is 1. The molecule has 3 aromatic rings. The van der Waals surface area contributed by atoms with Gasteiger partial charge in [-0.3, -0.25) is 0 Å². The quantitative estimate of drug-likeness (QED) is 0.368. The molecule has 0 saturated heterocycles. The van der Waals surface area contributed by atoms with Crippen LogP contribution >= 0.6 is 0 Å². The van der Waals surface area contributed by atoms with Gasteiger partial charge >= 0.3 is 5.97 Å². The minimum Gasteiger partial charge on any atom is -0.439 e. The van der Waals surface area contributed by atoms with E-state index in [-0.39, 0.29) is 5.97 Å². The van der Waals surface area contributed by atoms with Crippen molar-refractivity contribution in [2.75, 3.05) is 36.0 Å². The SMILES string of the molecule is CCN(CC)c1ccc(C2(c3ccc(N(CC)CC)cc3C)OC(=O)c3nccc(C)c32)c(C)c1. The number of aromatic nitrogens is 1. The molecule has 2 heterocycles. The zero-order valence-corrected chi connectivity index (χ0v) is 22.1. The molecule has 0 atom stereocenters. The number of ether oxygens (including phenoxy) is 1. The molecule has 0 bridgehead atoms. The van der Waals surface area contributed by atoms with E-state index in [1.165, 1.54) is 11.4 Å². The van der Waals surface area contributed by atoms with Crippen molar-refractivity contribution in [1.82, 2.24) is 4.98 Å². The Hall–Kier alpha value is -3.34. The summed E-state index contributed by atoms with van der Waals surface area (Å²) >= 11 is 0. The Bertz CT molecular complexity index is 1180. The number of anilines is 2. The Kier molecular flexibility index (Phi) is 6.88. The Morgan fingerprint density at radius 2 is 1.23 bits per heavy atom. The molecule has 0 saturated carbocycles. The monoisotopic (exact) mass is 471 g/mol. The highest BCUT2D eigenvalue weighted by Gasteiger charge is 2.51. The summed E-state index contributed by atoms with van der Waals surface area (Å²) in [5, 5.41) is 0. The lowest BCUT2D eigenvalue weighted by Crippen LogP contribution is -2.33. The summed E-state index contributed by atoms with van der Waals surface area (Å²) in [5.41, 5.74) is 7.70. The molecule has 1 aliphatic rings. The van der Waals surface area contributed by atoms with Gasteiger partial charge in [0.2, 0.25) is 0 Å². The number of fused-ring (bicyclic) bond motifs is 1. The molecule has 5 heteroatoms. The predicted octanol–water partition coefficient (Wildman–Crippen LogP) is 6.16. The minimum absolute atomic E-state index is 0.372. The fourth-order valence-corrected chi connectivity index (χ4v) is 5.58. The summed E-state index contributed by atoms with van der Waals surface area (Å²) in [6.07, 6.45) is 1.69. The molecule has 1 aliphatic heterocycles. The third kappa shape index (κ3) is 3.97.